The van der Waals surface area contributed by atoms with Gasteiger partial charge in [-0.2, -0.15) is 0 Å². The molecule has 0 aromatic carbocycles. The van der Waals surface area contributed by atoms with E-state index in [1.54, 1.807) is 0 Å². The lowest BCUT2D eigenvalue weighted by Crippen LogP contribution is -2.24. The number of halogens is 2. The normalized spacial score (nSPS) is 36.9. The minimum absolute atomic E-state index is 0.360. The van der Waals surface area contributed by atoms with Crippen LogP contribution in [0.4, 0.5) is 0 Å². The summed E-state index contributed by atoms with van der Waals surface area (Å²) in [7, 11) is 0. The molecular formula is C6H8Br2O. The Balaban J connectivity index is 2.44. The van der Waals surface area contributed by atoms with Crippen LogP contribution in [0.2, 0.25) is 0 Å². The number of carbonyl (C=O) groups is 1. The van der Waals surface area contributed by atoms with Crippen LogP contribution in [0.5, 0.6) is 0 Å². The van der Waals surface area contributed by atoms with Gasteiger partial charge in [-0.15, -0.1) is 0 Å². The smallest absolute Gasteiger partial charge is 0.134 e. The van der Waals surface area contributed by atoms with Gasteiger partial charge < -0.3 is 0 Å². The van der Waals surface area contributed by atoms with Gasteiger partial charge in [0.05, 0.1) is 0 Å². The highest BCUT2D eigenvalue weighted by atomic mass is 79.9. The van der Waals surface area contributed by atoms with Crippen molar-refractivity contribution in [2.45, 2.75) is 28.9 Å². The summed E-state index contributed by atoms with van der Waals surface area (Å²) in [6.45, 7) is 0. The molecule has 0 spiro atoms. The highest BCUT2D eigenvalue weighted by molar-refractivity contribution is 9.12. The van der Waals surface area contributed by atoms with E-state index in [1.807, 2.05) is 0 Å². The molecule has 1 fully saturated rings. The van der Waals surface area contributed by atoms with E-state index in [2.05, 4.69) is 31.9 Å². The van der Waals surface area contributed by atoms with Crippen LogP contribution < -0.4 is 0 Å². The fourth-order valence-electron chi connectivity index (χ4n) is 0.927. The van der Waals surface area contributed by atoms with E-state index in [0.717, 1.165) is 12.8 Å². The molecule has 2 atom stereocenters. The van der Waals surface area contributed by atoms with Gasteiger partial charge in [-0.25, -0.2) is 0 Å². The second-order valence-electron chi connectivity index (χ2n) is 2.31. The quantitative estimate of drug-likeness (QED) is 0.607. The van der Waals surface area contributed by atoms with Crippen molar-refractivity contribution in [1.82, 2.24) is 0 Å². The number of Topliss-reactive ketones (excluding diaryl/α,β-unsaturated/α-hetero) is 1. The lowest BCUT2D eigenvalue weighted by molar-refractivity contribution is -0.119. The van der Waals surface area contributed by atoms with Crippen molar-refractivity contribution < 1.29 is 4.79 Å². The molecule has 0 amide bonds. The van der Waals surface area contributed by atoms with E-state index < -0.39 is 0 Å². The average Bonchev–Trinajstić information content (AvgIpc) is 1.80. The number of ketones is 1. The molecule has 1 saturated carbocycles. The van der Waals surface area contributed by atoms with Gasteiger partial charge in [-0.05, 0) is 6.42 Å². The Hall–Kier alpha value is 0.630. The summed E-state index contributed by atoms with van der Waals surface area (Å²) in [5, 5.41) is 0. The molecular weight excluding hydrogens is 248 g/mol. The number of carbonyl (C=O) groups excluding carboxylic acids is 1. The molecule has 0 aliphatic heterocycles. The standard InChI is InChI=1S/C6H8Br2O/c7-5-2-1-4(9)3-6(5)8/h5-6H,1-3H2. The molecule has 9 heavy (non-hydrogen) atoms. The van der Waals surface area contributed by atoms with E-state index in [4.69, 9.17) is 0 Å². The van der Waals surface area contributed by atoms with Gasteiger partial charge in [0.2, 0.25) is 0 Å². The molecule has 1 aliphatic rings. The summed E-state index contributed by atoms with van der Waals surface area (Å²) in [6, 6.07) is 0. The van der Waals surface area contributed by atoms with Crippen LogP contribution >= 0.6 is 31.9 Å². The van der Waals surface area contributed by atoms with Crippen LogP contribution in [0.25, 0.3) is 0 Å². The average molecular weight is 256 g/mol. The largest absolute Gasteiger partial charge is 0.300 e. The summed E-state index contributed by atoms with van der Waals surface area (Å²) in [5.74, 6) is 0.382. The van der Waals surface area contributed by atoms with Crippen LogP contribution in [-0.4, -0.2) is 15.4 Å². The molecule has 1 rings (SSSR count). The Labute approximate surface area is 71.5 Å². The molecule has 52 valence electrons. The zero-order valence-corrected chi connectivity index (χ0v) is 8.11. The highest BCUT2D eigenvalue weighted by Gasteiger charge is 2.24. The van der Waals surface area contributed by atoms with E-state index in [0.29, 0.717) is 21.9 Å². The van der Waals surface area contributed by atoms with Gasteiger partial charge in [-0.3, -0.25) is 4.79 Å². The van der Waals surface area contributed by atoms with Crippen molar-refractivity contribution >= 4 is 37.6 Å². The molecule has 2 unspecified atom stereocenters. The maximum Gasteiger partial charge on any atom is 0.134 e. The Morgan fingerprint density at radius 1 is 1.33 bits per heavy atom. The van der Waals surface area contributed by atoms with Gasteiger partial charge in [0.15, 0.2) is 0 Å². The summed E-state index contributed by atoms with van der Waals surface area (Å²) in [5.41, 5.74) is 0. The van der Waals surface area contributed by atoms with Crippen molar-refractivity contribution in [3.63, 3.8) is 0 Å². The van der Waals surface area contributed by atoms with E-state index in [-0.39, 0.29) is 0 Å². The topological polar surface area (TPSA) is 17.1 Å². The summed E-state index contributed by atoms with van der Waals surface area (Å²) < 4.78 is 0. The number of rotatable bonds is 0. The van der Waals surface area contributed by atoms with Crippen LogP contribution in [0.15, 0.2) is 0 Å². The molecule has 0 N–H and O–H groups in total. The number of alkyl halides is 2. The number of hydrogen-bond donors (Lipinski definition) is 0. The third-order valence-electron chi connectivity index (χ3n) is 1.51. The Morgan fingerprint density at radius 3 is 2.44 bits per heavy atom. The van der Waals surface area contributed by atoms with Crippen molar-refractivity contribution in [2.24, 2.45) is 0 Å². The van der Waals surface area contributed by atoms with Crippen LogP contribution in [0.3, 0.4) is 0 Å². The van der Waals surface area contributed by atoms with Crippen LogP contribution in [0, 0.1) is 0 Å². The predicted octanol–water partition coefficient (Wildman–Crippen LogP) is 2.27. The first-order chi connectivity index (χ1) is 4.20. The van der Waals surface area contributed by atoms with Gasteiger partial charge in [0.25, 0.3) is 0 Å². The molecule has 0 radical (unpaired) electrons. The van der Waals surface area contributed by atoms with Gasteiger partial charge in [0.1, 0.15) is 5.78 Å². The second kappa shape index (κ2) is 3.15. The van der Waals surface area contributed by atoms with E-state index in [9.17, 15) is 4.79 Å². The fourth-order valence-corrected chi connectivity index (χ4v) is 1.97. The van der Waals surface area contributed by atoms with Crippen molar-refractivity contribution in [2.75, 3.05) is 0 Å². The monoisotopic (exact) mass is 254 g/mol. The zero-order chi connectivity index (χ0) is 6.85. The molecule has 0 bridgehead atoms. The van der Waals surface area contributed by atoms with E-state index in [1.165, 1.54) is 0 Å². The van der Waals surface area contributed by atoms with Crippen molar-refractivity contribution in [1.29, 1.82) is 0 Å². The zero-order valence-electron chi connectivity index (χ0n) is 4.94. The first kappa shape index (κ1) is 7.73. The van der Waals surface area contributed by atoms with Crippen LogP contribution in [-0.2, 0) is 4.79 Å². The third kappa shape index (κ3) is 2.04. The second-order valence-corrected chi connectivity index (χ2v) is 4.67. The van der Waals surface area contributed by atoms with Gasteiger partial charge in [0, 0.05) is 22.5 Å². The van der Waals surface area contributed by atoms with Crippen molar-refractivity contribution in [3.05, 3.63) is 0 Å². The Bertz CT molecular complexity index is 124. The molecule has 0 heterocycles. The SMILES string of the molecule is O=C1CCC(Br)C(Br)C1. The number of hydrogen-bond acceptors (Lipinski definition) is 1. The first-order valence-electron chi connectivity index (χ1n) is 3.00. The maximum absolute atomic E-state index is 10.8. The first-order valence-corrected chi connectivity index (χ1v) is 4.83. The maximum atomic E-state index is 10.8. The molecule has 3 heteroatoms. The molecule has 0 saturated heterocycles. The molecule has 0 aromatic rings. The van der Waals surface area contributed by atoms with Gasteiger partial charge in [-0.1, -0.05) is 31.9 Å². The van der Waals surface area contributed by atoms with Gasteiger partial charge >= 0.3 is 0 Å². The molecule has 1 nitrogen and oxygen atoms in total. The summed E-state index contributed by atoms with van der Waals surface area (Å²) in [6.07, 6.45) is 2.42. The predicted molar refractivity (Wildman–Crippen MR) is 44.3 cm³/mol. The fraction of sp³-hybridized carbons (Fsp3) is 0.833. The Morgan fingerprint density at radius 2 is 2.00 bits per heavy atom. The lowest BCUT2D eigenvalue weighted by atomic mass is 9.99. The lowest BCUT2D eigenvalue weighted by Gasteiger charge is -2.20. The Kier molecular flexibility index (Phi) is 2.71. The minimum atomic E-state index is 0.360. The summed E-state index contributed by atoms with van der Waals surface area (Å²) >= 11 is 6.91. The minimum Gasteiger partial charge on any atom is -0.300 e. The van der Waals surface area contributed by atoms with E-state index >= 15 is 0 Å². The van der Waals surface area contributed by atoms with Crippen LogP contribution in [0.1, 0.15) is 19.3 Å². The summed E-state index contributed by atoms with van der Waals surface area (Å²) in [4.78, 5) is 11.6. The van der Waals surface area contributed by atoms with Crippen molar-refractivity contribution in [3.8, 4) is 0 Å². The third-order valence-corrected chi connectivity index (χ3v) is 4.28. The highest BCUT2D eigenvalue weighted by Crippen LogP contribution is 2.27. The molecule has 1 aliphatic carbocycles. The molecule has 0 aromatic heterocycles.